The molecule has 0 bridgehead atoms. The van der Waals surface area contributed by atoms with E-state index in [0.29, 0.717) is 33.6 Å². The smallest absolute Gasteiger partial charge is 0.303 e. The molecule has 0 aromatic rings. The van der Waals surface area contributed by atoms with Crippen molar-refractivity contribution in [2.45, 2.75) is 136 Å². The minimum Gasteiger partial charge on any atom is -0.457 e. The third-order valence-electron chi connectivity index (χ3n) is 14.0. The van der Waals surface area contributed by atoms with Gasteiger partial charge in [-0.2, -0.15) is 0 Å². The van der Waals surface area contributed by atoms with Gasteiger partial charge in [0.2, 0.25) is 0 Å². The van der Waals surface area contributed by atoms with Crippen LogP contribution in [0.3, 0.4) is 0 Å². The number of hydrogen-bond donors (Lipinski definition) is 2. The van der Waals surface area contributed by atoms with E-state index in [1.807, 2.05) is 0 Å². The van der Waals surface area contributed by atoms with Crippen molar-refractivity contribution in [2.24, 2.45) is 51.2 Å². The Morgan fingerprint density at radius 2 is 1.70 bits per heavy atom. The molecule has 1 aliphatic heterocycles. The van der Waals surface area contributed by atoms with Crippen LogP contribution in [0.15, 0.2) is 0 Å². The van der Waals surface area contributed by atoms with Gasteiger partial charge >= 0.3 is 5.97 Å². The number of nitrogens with one attached hydrogen (secondary N) is 1. The number of carbonyl (C=O) groups is 1. The summed E-state index contributed by atoms with van der Waals surface area (Å²) in [6.07, 6.45) is 10.8. The zero-order chi connectivity index (χ0) is 26.8. The first-order valence-electron chi connectivity index (χ1n) is 15.5. The molecule has 6 fully saturated rings. The molecule has 6 rings (SSSR count). The molecule has 6 aliphatic rings. The molecule has 2 N–H and O–H groups in total. The van der Waals surface area contributed by atoms with Crippen LogP contribution in [0.25, 0.3) is 0 Å². The number of esters is 1. The maximum absolute atomic E-state index is 11.9. The van der Waals surface area contributed by atoms with E-state index in [1.54, 1.807) is 13.8 Å². The van der Waals surface area contributed by atoms with Crippen molar-refractivity contribution in [3.05, 3.63) is 0 Å². The number of fused-ring (bicyclic) bond motifs is 4. The number of rotatable bonds is 4. The molecule has 5 heteroatoms. The fourth-order valence-electron chi connectivity index (χ4n) is 12.6. The highest BCUT2D eigenvalue weighted by molar-refractivity contribution is 5.66. The molecule has 0 radical (unpaired) electrons. The Balaban J connectivity index is 1.26. The van der Waals surface area contributed by atoms with Gasteiger partial charge in [0.1, 0.15) is 0 Å². The first kappa shape index (κ1) is 26.6. The molecule has 37 heavy (non-hydrogen) atoms. The first-order chi connectivity index (χ1) is 17.2. The minimum absolute atomic E-state index is 0.220. The summed E-state index contributed by atoms with van der Waals surface area (Å²) in [6.45, 7) is 15.3. The Hall–Kier alpha value is -0.650. The van der Waals surface area contributed by atoms with Crippen LogP contribution in [0.4, 0.5) is 0 Å². The molecule has 1 heterocycles. The van der Waals surface area contributed by atoms with Gasteiger partial charge in [0.15, 0.2) is 6.10 Å². The molecular formula is C32H53NO4. The lowest BCUT2D eigenvalue weighted by molar-refractivity contribution is -0.200. The van der Waals surface area contributed by atoms with Gasteiger partial charge in [0, 0.05) is 13.0 Å². The van der Waals surface area contributed by atoms with E-state index in [0.717, 1.165) is 42.9 Å². The van der Waals surface area contributed by atoms with Gasteiger partial charge in [-0.05, 0) is 130 Å². The molecule has 5 aliphatic carbocycles. The normalized spacial score (nSPS) is 52.6. The molecule has 1 saturated heterocycles. The summed E-state index contributed by atoms with van der Waals surface area (Å²) in [5.41, 5.74) is 0.684. The maximum atomic E-state index is 11.9. The van der Waals surface area contributed by atoms with Crippen molar-refractivity contribution >= 4 is 5.97 Å². The molecule has 11 unspecified atom stereocenters. The minimum atomic E-state index is -1.12. The Morgan fingerprint density at radius 1 is 1.00 bits per heavy atom. The second kappa shape index (κ2) is 8.19. The Bertz CT molecular complexity index is 942. The highest BCUT2D eigenvalue weighted by atomic mass is 16.6. The van der Waals surface area contributed by atoms with Crippen molar-refractivity contribution < 1.29 is 19.4 Å². The lowest BCUT2D eigenvalue weighted by Crippen LogP contribution is -2.57. The van der Waals surface area contributed by atoms with Crippen molar-refractivity contribution in [2.75, 3.05) is 7.05 Å². The van der Waals surface area contributed by atoms with Crippen molar-refractivity contribution in [3.63, 3.8) is 0 Å². The topological polar surface area (TPSA) is 67.8 Å². The van der Waals surface area contributed by atoms with Crippen LogP contribution in [0.1, 0.15) is 106 Å². The lowest BCUT2D eigenvalue weighted by Gasteiger charge is -2.60. The van der Waals surface area contributed by atoms with E-state index in [4.69, 9.17) is 9.47 Å². The van der Waals surface area contributed by atoms with Crippen LogP contribution >= 0.6 is 0 Å². The van der Waals surface area contributed by atoms with Crippen molar-refractivity contribution in [1.82, 2.24) is 5.32 Å². The van der Waals surface area contributed by atoms with Gasteiger partial charge in [-0.3, -0.25) is 4.79 Å². The molecule has 5 saturated carbocycles. The van der Waals surface area contributed by atoms with Crippen LogP contribution in [-0.2, 0) is 14.3 Å². The molecule has 0 aromatic heterocycles. The molecular weight excluding hydrogens is 462 g/mol. The predicted molar refractivity (Wildman–Crippen MR) is 145 cm³/mol. The van der Waals surface area contributed by atoms with Crippen molar-refractivity contribution in [1.29, 1.82) is 0 Å². The standard InChI is InChI=1S/C32H53NO4/c1-18-31-16-15-30(7)21-9-11-23(27(29(5,6)35)36-19(2)34)37-24(21)17-22(30)20(31)10-12-25-28(3,4)26(33-8)13-14-32(18,25)31/h18,20-27,33,35H,9-17H2,1-8H3/t18-,20?,21?,22?,23?,24?,25?,26?,27?,30?,31?,32?/m0/s1. The van der Waals surface area contributed by atoms with Crippen molar-refractivity contribution in [3.8, 4) is 0 Å². The number of hydrogen-bond acceptors (Lipinski definition) is 5. The molecule has 2 spiro atoms. The Morgan fingerprint density at radius 3 is 2.35 bits per heavy atom. The van der Waals surface area contributed by atoms with Gasteiger partial charge < -0.3 is 19.9 Å². The summed E-state index contributed by atoms with van der Waals surface area (Å²) in [6, 6.07) is 0.638. The molecule has 0 amide bonds. The first-order valence-corrected chi connectivity index (χ1v) is 15.5. The summed E-state index contributed by atoms with van der Waals surface area (Å²) in [4.78, 5) is 11.9. The zero-order valence-corrected chi connectivity index (χ0v) is 24.7. The number of ether oxygens (including phenoxy) is 2. The van der Waals surface area contributed by atoms with Crippen LogP contribution < -0.4 is 5.32 Å². The molecule has 0 aromatic carbocycles. The highest BCUT2D eigenvalue weighted by Gasteiger charge is 2.84. The Kier molecular flexibility index (Phi) is 5.88. The lowest BCUT2D eigenvalue weighted by atomic mass is 9.46. The van der Waals surface area contributed by atoms with Crippen LogP contribution in [0.5, 0.6) is 0 Å². The monoisotopic (exact) mass is 515 g/mol. The van der Waals surface area contributed by atoms with Gasteiger partial charge in [-0.1, -0.05) is 27.7 Å². The second-order valence-electron chi connectivity index (χ2n) is 15.7. The van der Waals surface area contributed by atoms with Gasteiger partial charge in [-0.25, -0.2) is 0 Å². The average molecular weight is 516 g/mol. The second-order valence-corrected chi connectivity index (χ2v) is 15.7. The summed E-state index contributed by atoms with van der Waals surface area (Å²) >= 11 is 0. The predicted octanol–water partition coefficient (Wildman–Crippen LogP) is 5.73. The molecule has 210 valence electrons. The maximum Gasteiger partial charge on any atom is 0.303 e. The van der Waals surface area contributed by atoms with E-state index in [9.17, 15) is 9.90 Å². The van der Waals surface area contributed by atoms with Gasteiger partial charge in [0.25, 0.3) is 0 Å². The Labute approximate surface area is 225 Å². The largest absolute Gasteiger partial charge is 0.457 e. The van der Waals surface area contributed by atoms with Crippen LogP contribution in [0, 0.1) is 51.2 Å². The van der Waals surface area contributed by atoms with Crippen LogP contribution in [-0.4, -0.2) is 48.1 Å². The third kappa shape index (κ3) is 3.29. The fraction of sp³-hybridized carbons (Fsp3) is 0.969. The molecule has 5 nitrogen and oxygen atoms in total. The average Bonchev–Trinajstić information content (AvgIpc) is 3.19. The summed E-state index contributed by atoms with van der Waals surface area (Å²) in [7, 11) is 2.17. The van der Waals surface area contributed by atoms with E-state index >= 15 is 0 Å². The van der Waals surface area contributed by atoms with E-state index in [2.05, 4.69) is 40.1 Å². The van der Waals surface area contributed by atoms with Crippen LogP contribution in [0.2, 0.25) is 0 Å². The fourth-order valence-corrected chi connectivity index (χ4v) is 12.6. The quantitative estimate of drug-likeness (QED) is 0.468. The highest BCUT2D eigenvalue weighted by Crippen LogP contribution is 2.89. The summed E-state index contributed by atoms with van der Waals surface area (Å²) < 4.78 is 12.5. The summed E-state index contributed by atoms with van der Waals surface area (Å²) in [5.74, 6) is 3.49. The zero-order valence-electron chi connectivity index (χ0n) is 24.7. The van der Waals surface area contributed by atoms with E-state index < -0.39 is 11.7 Å². The third-order valence-corrected chi connectivity index (χ3v) is 14.0. The SMILES string of the molecule is CNC1CCC23C(CCC4C5CC6OC(C(OC(C)=O)C(C)(C)O)CCC6C5(C)CCC42[C@@H]3C)C1(C)C. The van der Waals surface area contributed by atoms with Gasteiger partial charge in [0.05, 0.1) is 17.8 Å². The molecule has 12 atom stereocenters. The van der Waals surface area contributed by atoms with E-state index in [-0.39, 0.29) is 18.2 Å². The van der Waals surface area contributed by atoms with E-state index in [1.165, 1.54) is 45.4 Å². The summed E-state index contributed by atoms with van der Waals surface area (Å²) in [5, 5.41) is 14.5. The van der Waals surface area contributed by atoms with Gasteiger partial charge in [-0.15, -0.1) is 0 Å². The number of carbonyl (C=O) groups excluding carboxylic acids is 1. The number of aliphatic hydroxyl groups is 1.